The van der Waals surface area contributed by atoms with Gasteiger partial charge in [-0.05, 0) is 32.1 Å². The predicted molar refractivity (Wildman–Crippen MR) is 74.3 cm³/mol. The van der Waals surface area contributed by atoms with E-state index in [-0.39, 0.29) is 0 Å². The van der Waals surface area contributed by atoms with Crippen molar-refractivity contribution in [3.8, 4) is 0 Å². The summed E-state index contributed by atoms with van der Waals surface area (Å²) in [5.74, 6) is 0.945. The lowest BCUT2D eigenvalue weighted by molar-refractivity contribution is 0.0570. The third-order valence-electron chi connectivity index (χ3n) is 4.71. The molecule has 1 aliphatic carbocycles. The largest absolute Gasteiger partial charge is 0.311 e. The molecule has 2 rings (SSSR count). The highest BCUT2D eigenvalue weighted by Crippen LogP contribution is 2.29. The van der Waals surface area contributed by atoms with Gasteiger partial charge in [0.05, 0.1) is 0 Å². The van der Waals surface area contributed by atoms with E-state index in [4.69, 9.17) is 0 Å². The van der Waals surface area contributed by atoms with Crippen molar-refractivity contribution in [1.29, 1.82) is 0 Å². The molecule has 100 valence electrons. The number of hydrogen-bond donors (Lipinski definition) is 1. The Bertz CT molecular complexity index is 229. The minimum atomic E-state index is 0.735. The van der Waals surface area contributed by atoms with Crippen LogP contribution >= 0.6 is 0 Å². The molecule has 0 bridgehead atoms. The van der Waals surface area contributed by atoms with E-state index in [1.54, 1.807) is 0 Å². The summed E-state index contributed by atoms with van der Waals surface area (Å²) in [6.45, 7) is 9.60. The SMILES string of the molecule is CCCC1CN(C2CCCC(C)C2)C(C)CN1. The Kier molecular flexibility index (Phi) is 4.87. The third kappa shape index (κ3) is 3.45. The molecule has 0 aromatic heterocycles. The van der Waals surface area contributed by atoms with Crippen LogP contribution in [0.15, 0.2) is 0 Å². The Hall–Kier alpha value is -0.0800. The van der Waals surface area contributed by atoms with Crippen LogP contribution < -0.4 is 5.32 Å². The number of rotatable bonds is 3. The first-order chi connectivity index (χ1) is 8.20. The molecule has 0 aromatic carbocycles. The lowest BCUT2D eigenvalue weighted by Gasteiger charge is -2.45. The molecule has 0 aromatic rings. The van der Waals surface area contributed by atoms with Crippen LogP contribution in [0.3, 0.4) is 0 Å². The van der Waals surface area contributed by atoms with E-state index in [2.05, 4.69) is 31.0 Å². The molecule has 1 aliphatic heterocycles. The average molecular weight is 238 g/mol. The molecular formula is C15H30N2. The van der Waals surface area contributed by atoms with E-state index >= 15 is 0 Å². The third-order valence-corrected chi connectivity index (χ3v) is 4.71. The standard InChI is InChI=1S/C15H30N2/c1-4-6-14-11-17(13(3)10-16-14)15-8-5-7-12(2)9-15/h12-16H,4-11H2,1-3H3. The molecule has 1 heterocycles. The maximum atomic E-state index is 3.71. The van der Waals surface area contributed by atoms with Crippen LogP contribution in [0.25, 0.3) is 0 Å². The van der Waals surface area contributed by atoms with Crippen LogP contribution in [0.4, 0.5) is 0 Å². The molecule has 4 atom stereocenters. The van der Waals surface area contributed by atoms with Crippen molar-refractivity contribution in [2.24, 2.45) is 5.92 Å². The van der Waals surface area contributed by atoms with Crippen molar-refractivity contribution in [3.63, 3.8) is 0 Å². The fraction of sp³-hybridized carbons (Fsp3) is 1.00. The number of nitrogens with zero attached hydrogens (tertiary/aromatic N) is 1. The van der Waals surface area contributed by atoms with Crippen LogP contribution in [-0.4, -0.2) is 36.1 Å². The Morgan fingerprint density at radius 2 is 2.06 bits per heavy atom. The topological polar surface area (TPSA) is 15.3 Å². The van der Waals surface area contributed by atoms with Gasteiger partial charge in [-0.2, -0.15) is 0 Å². The van der Waals surface area contributed by atoms with E-state index in [0.717, 1.165) is 24.0 Å². The molecule has 17 heavy (non-hydrogen) atoms. The van der Waals surface area contributed by atoms with Crippen molar-refractivity contribution in [3.05, 3.63) is 0 Å². The van der Waals surface area contributed by atoms with Crippen LogP contribution in [0.1, 0.15) is 59.3 Å². The Morgan fingerprint density at radius 3 is 2.76 bits per heavy atom. The van der Waals surface area contributed by atoms with Gasteiger partial charge in [-0.25, -0.2) is 0 Å². The summed E-state index contributed by atoms with van der Waals surface area (Å²) in [4.78, 5) is 2.81. The van der Waals surface area contributed by atoms with Gasteiger partial charge >= 0.3 is 0 Å². The second kappa shape index (κ2) is 6.19. The summed E-state index contributed by atoms with van der Waals surface area (Å²) < 4.78 is 0. The van der Waals surface area contributed by atoms with Gasteiger partial charge in [0.2, 0.25) is 0 Å². The number of nitrogens with one attached hydrogen (secondary N) is 1. The molecule has 2 aliphatic rings. The second-order valence-corrected chi connectivity index (χ2v) is 6.37. The van der Waals surface area contributed by atoms with Crippen LogP contribution in [-0.2, 0) is 0 Å². The van der Waals surface area contributed by atoms with Gasteiger partial charge in [-0.15, -0.1) is 0 Å². The Labute approximate surface area is 107 Å². The minimum absolute atomic E-state index is 0.735. The van der Waals surface area contributed by atoms with Crippen molar-refractivity contribution >= 4 is 0 Å². The van der Waals surface area contributed by atoms with Gasteiger partial charge in [-0.1, -0.05) is 33.1 Å². The van der Waals surface area contributed by atoms with E-state index in [0.29, 0.717) is 0 Å². The Balaban J connectivity index is 1.92. The minimum Gasteiger partial charge on any atom is -0.311 e. The molecule has 2 heteroatoms. The van der Waals surface area contributed by atoms with Gasteiger partial charge in [0.25, 0.3) is 0 Å². The quantitative estimate of drug-likeness (QED) is 0.813. The lowest BCUT2D eigenvalue weighted by atomic mass is 9.85. The van der Waals surface area contributed by atoms with E-state index in [1.807, 2.05) is 0 Å². The normalized spacial score (nSPS) is 40.4. The molecule has 0 radical (unpaired) electrons. The van der Waals surface area contributed by atoms with Crippen molar-refractivity contribution in [1.82, 2.24) is 10.2 Å². The maximum absolute atomic E-state index is 3.71. The monoisotopic (exact) mass is 238 g/mol. The summed E-state index contributed by atoms with van der Waals surface area (Å²) in [6, 6.07) is 2.35. The molecule has 4 unspecified atom stereocenters. The average Bonchev–Trinajstić information content (AvgIpc) is 2.32. The molecule has 0 amide bonds. The lowest BCUT2D eigenvalue weighted by Crippen LogP contribution is -2.59. The van der Waals surface area contributed by atoms with Crippen LogP contribution in [0.5, 0.6) is 0 Å². The van der Waals surface area contributed by atoms with Crippen LogP contribution in [0.2, 0.25) is 0 Å². The molecule has 1 N–H and O–H groups in total. The summed E-state index contributed by atoms with van der Waals surface area (Å²) in [6.07, 6.45) is 8.42. The first kappa shape index (κ1) is 13.4. The van der Waals surface area contributed by atoms with Crippen molar-refractivity contribution in [2.75, 3.05) is 13.1 Å². The predicted octanol–water partition coefficient (Wildman–Crippen LogP) is 3.03. The molecule has 2 fully saturated rings. The molecular weight excluding hydrogens is 208 g/mol. The Morgan fingerprint density at radius 1 is 1.24 bits per heavy atom. The highest BCUT2D eigenvalue weighted by molar-refractivity contribution is 4.89. The van der Waals surface area contributed by atoms with E-state index in [1.165, 1.54) is 51.6 Å². The van der Waals surface area contributed by atoms with Gasteiger partial charge in [-0.3, -0.25) is 4.90 Å². The van der Waals surface area contributed by atoms with E-state index in [9.17, 15) is 0 Å². The summed E-state index contributed by atoms with van der Waals surface area (Å²) in [5.41, 5.74) is 0. The first-order valence-corrected chi connectivity index (χ1v) is 7.69. The van der Waals surface area contributed by atoms with Gasteiger partial charge in [0, 0.05) is 31.2 Å². The van der Waals surface area contributed by atoms with Gasteiger partial charge in [0.15, 0.2) is 0 Å². The maximum Gasteiger partial charge on any atom is 0.0196 e. The summed E-state index contributed by atoms with van der Waals surface area (Å²) >= 11 is 0. The molecule has 1 saturated heterocycles. The molecule has 0 spiro atoms. The van der Waals surface area contributed by atoms with Gasteiger partial charge in [0.1, 0.15) is 0 Å². The summed E-state index contributed by atoms with van der Waals surface area (Å²) in [7, 11) is 0. The van der Waals surface area contributed by atoms with Crippen molar-refractivity contribution in [2.45, 2.75) is 77.4 Å². The number of piperazine rings is 1. The zero-order chi connectivity index (χ0) is 12.3. The fourth-order valence-corrected chi connectivity index (χ4v) is 3.71. The zero-order valence-electron chi connectivity index (χ0n) is 11.9. The van der Waals surface area contributed by atoms with Crippen molar-refractivity contribution < 1.29 is 0 Å². The summed E-state index contributed by atoms with van der Waals surface area (Å²) in [5, 5.41) is 3.71. The molecule has 1 saturated carbocycles. The zero-order valence-corrected chi connectivity index (χ0v) is 11.9. The first-order valence-electron chi connectivity index (χ1n) is 7.69. The van der Waals surface area contributed by atoms with Crippen LogP contribution in [0, 0.1) is 5.92 Å². The highest BCUT2D eigenvalue weighted by Gasteiger charge is 2.32. The smallest absolute Gasteiger partial charge is 0.0196 e. The fourth-order valence-electron chi connectivity index (χ4n) is 3.71. The highest BCUT2D eigenvalue weighted by atomic mass is 15.2. The van der Waals surface area contributed by atoms with E-state index < -0.39 is 0 Å². The van der Waals surface area contributed by atoms with Gasteiger partial charge < -0.3 is 5.32 Å². The second-order valence-electron chi connectivity index (χ2n) is 6.37. The molecule has 2 nitrogen and oxygen atoms in total. The number of hydrogen-bond acceptors (Lipinski definition) is 2.